The Morgan fingerprint density at radius 1 is 1.30 bits per heavy atom. The van der Waals surface area contributed by atoms with Crippen molar-refractivity contribution in [2.45, 2.75) is 11.9 Å². The van der Waals surface area contributed by atoms with Gasteiger partial charge in [-0.05, 0) is 11.6 Å². The SMILES string of the molecule is O=S(=O)(Cc1cccc(C(F)(F)F)c1)Nc1nncs1. The quantitative estimate of drug-likeness (QED) is 0.938. The van der Waals surface area contributed by atoms with E-state index in [1.165, 1.54) is 17.6 Å². The number of rotatable bonds is 4. The molecule has 5 nitrogen and oxygen atoms in total. The molecule has 0 radical (unpaired) electrons. The second-order valence-electron chi connectivity index (χ2n) is 3.80. The summed E-state index contributed by atoms with van der Waals surface area (Å²) in [5.41, 5.74) is 0.486. The molecule has 1 N–H and O–H groups in total. The molecule has 0 amide bonds. The van der Waals surface area contributed by atoms with Crippen molar-refractivity contribution < 1.29 is 21.6 Å². The first-order valence-corrected chi connectivity index (χ1v) is 7.72. The second-order valence-corrected chi connectivity index (χ2v) is 6.36. The third-order valence-corrected chi connectivity index (χ3v) is 4.17. The van der Waals surface area contributed by atoms with Gasteiger partial charge in [-0.15, -0.1) is 10.2 Å². The summed E-state index contributed by atoms with van der Waals surface area (Å²) in [5, 5.41) is 7.02. The number of halogens is 3. The molecule has 1 aromatic heterocycles. The standard InChI is InChI=1S/C10H8F3N3O2S2/c11-10(12,13)8-3-1-2-7(4-8)5-20(17,18)16-9-15-14-6-19-9/h1-4,6H,5H2,(H,15,16). The molecule has 1 aromatic carbocycles. The molecular weight excluding hydrogens is 315 g/mol. The van der Waals surface area contributed by atoms with E-state index in [1.807, 2.05) is 0 Å². The molecule has 1 heterocycles. The van der Waals surface area contributed by atoms with Crippen LogP contribution in [-0.4, -0.2) is 18.6 Å². The Morgan fingerprint density at radius 2 is 2.05 bits per heavy atom. The lowest BCUT2D eigenvalue weighted by atomic mass is 10.1. The fraction of sp³-hybridized carbons (Fsp3) is 0.200. The minimum absolute atomic E-state index is 0.0387. The van der Waals surface area contributed by atoms with Crippen molar-refractivity contribution in [2.24, 2.45) is 0 Å². The molecule has 0 fully saturated rings. The highest BCUT2D eigenvalue weighted by Crippen LogP contribution is 2.29. The van der Waals surface area contributed by atoms with Gasteiger partial charge >= 0.3 is 6.18 Å². The van der Waals surface area contributed by atoms with E-state index in [0.717, 1.165) is 23.5 Å². The fourth-order valence-electron chi connectivity index (χ4n) is 1.44. The number of sulfonamides is 1. The van der Waals surface area contributed by atoms with Gasteiger partial charge in [0.25, 0.3) is 0 Å². The first kappa shape index (κ1) is 14.7. The molecule has 0 saturated heterocycles. The molecule has 2 rings (SSSR count). The van der Waals surface area contributed by atoms with Crippen LogP contribution >= 0.6 is 11.3 Å². The van der Waals surface area contributed by atoms with Crippen LogP contribution in [0.15, 0.2) is 29.8 Å². The lowest BCUT2D eigenvalue weighted by Gasteiger charge is -2.09. The van der Waals surface area contributed by atoms with Gasteiger partial charge in [0, 0.05) is 0 Å². The molecule has 0 bridgehead atoms. The van der Waals surface area contributed by atoms with Gasteiger partial charge in [-0.1, -0.05) is 29.5 Å². The Morgan fingerprint density at radius 3 is 2.65 bits per heavy atom. The van der Waals surface area contributed by atoms with Gasteiger partial charge in [0.05, 0.1) is 11.3 Å². The second kappa shape index (κ2) is 5.37. The summed E-state index contributed by atoms with van der Waals surface area (Å²) in [4.78, 5) is 0. The van der Waals surface area contributed by atoms with Crippen LogP contribution in [0.25, 0.3) is 0 Å². The highest BCUT2D eigenvalue weighted by atomic mass is 32.2. The number of nitrogens with zero attached hydrogens (tertiary/aromatic N) is 2. The van der Waals surface area contributed by atoms with Crippen LogP contribution < -0.4 is 4.72 Å². The molecule has 0 atom stereocenters. The van der Waals surface area contributed by atoms with Gasteiger partial charge in [-0.25, -0.2) is 8.42 Å². The van der Waals surface area contributed by atoms with E-state index in [1.54, 1.807) is 0 Å². The smallest absolute Gasteiger partial charge is 0.257 e. The average molecular weight is 323 g/mol. The predicted octanol–water partition coefficient (Wildman–Crippen LogP) is 2.50. The third-order valence-electron chi connectivity index (χ3n) is 2.21. The van der Waals surface area contributed by atoms with E-state index in [9.17, 15) is 21.6 Å². The van der Waals surface area contributed by atoms with E-state index in [0.29, 0.717) is 0 Å². The van der Waals surface area contributed by atoms with Crippen molar-refractivity contribution in [3.8, 4) is 0 Å². The molecule has 0 saturated carbocycles. The van der Waals surface area contributed by atoms with E-state index >= 15 is 0 Å². The molecule has 0 aliphatic carbocycles. The maximum atomic E-state index is 12.5. The number of hydrogen-bond donors (Lipinski definition) is 1. The fourth-order valence-corrected chi connectivity index (χ4v) is 3.30. The molecular formula is C10H8F3N3O2S2. The minimum Gasteiger partial charge on any atom is -0.257 e. The topological polar surface area (TPSA) is 72.0 Å². The minimum atomic E-state index is -4.51. The molecule has 0 spiro atoms. The largest absolute Gasteiger partial charge is 0.416 e. The zero-order valence-electron chi connectivity index (χ0n) is 9.76. The Bertz CT molecular complexity index is 684. The number of aromatic nitrogens is 2. The maximum absolute atomic E-state index is 12.5. The van der Waals surface area contributed by atoms with Crippen LogP contribution in [0, 0.1) is 0 Å². The van der Waals surface area contributed by atoms with Crippen molar-refractivity contribution in [2.75, 3.05) is 4.72 Å². The predicted molar refractivity (Wildman–Crippen MR) is 67.6 cm³/mol. The maximum Gasteiger partial charge on any atom is 0.416 e. The molecule has 20 heavy (non-hydrogen) atoms. The van der Waals surface area contributed by atoms with Gasteiger partial charge in [-0.2, -0.15) is 13.2 Å². The lowest BCUT2D eigenvalue weighted by molar-refractivity contribution is -0.137. The van der Waals surface area contributed by atoms with Crippen molar-refractivity contribution in [3.63, 3.8) is 0 Å². The highest BCUT2D eigenvalue weighted by molar-refractivity contribution is 7.92. The van der Waals surface area contributed by atoms with Gasteiger partial charge in [0.15, 0.2) is 0 Å². The van der Waals surface area contributed by atoms with Gasteiger partial charge in [-0.3, -0.25) is 4.72 Å². The summed E-state index contributed by atoms with van der Waals surface area (Å²) in [6.07, 6.45) is -4.51. The van der Waals surface area contributed by atoms with Crippen LogP contribution in [0.5, 0.6) is 0 Å². The Labute approximate surface area is 116 Å². The summed E-state index contributed by atoms with van der Waals surface area (Å²) in [5.74, 6) is -0.573. The van der Waals surface area contributed by atoms with Crippen molar-refractivity contribution in [3.05, 3.63) is 40.9 Å². The van der Waals surface area contributed by atoms with Gasteiger partial charge in [0.2, 0.25) is 15.2 Å². The van der Waals surface area contributed by atoms with E-state index < -0.39 is 27.5 Å². The van der Waals surface area contributed by atoms with E-state index in [4.69, 9.17) is 0 Å². The first-order chi connectivity index (χ1) is 9.26. The van der Waals surface area contributed by atoms with Crippen LogP contribution in [-0.2, 0) is 22.0 Å². The van der Waals surface area contributed by atoms with E-state index in [2.05, 4.69) is 14.9 Å². The monoisotopic (exact) mass is 323 g/mol. The zero-order valence-corrected chi connectivity index (χ0v) is 11.4. The number of alkyl halides is 3. The molecule has 0 aliphatic heterocycles. The van der Waals surface area contributed by atoms with Gasteiger partial charge in [0.1, 0.15) is 5.51 Å². The number of nitrogens with one attached hydrogen (secondary N) is 1. The van der Waals surface area contributed by atoms with Crippen molar-refractivity contribution in [1.82, 2.24) is 10.2 Å². The number of benzene rings is 1. The third kappa shape index (κ3) is 3.90. The summed E-state index contributed by atoms with van der Waals surface area (Å²) >= 11 is 0.975. The lowest BCUT2D eigenvalue weighted by Crippen LogP contribution is -2.15. The van der Waals surface area contributed by atoms with Crippen LogP contribution in [0.1, 0.15) is 11.1 Å². The Hall–Kier alpha value is -1.68. The average Bonchev–Trinajstić information content (AvgIpc) is 2.79. The molecule has 0 unspecified atom stereocenters. The van der Waals surface area contributed by atoms with Crippen molar-refractivity contribution >= 4 is 26.5 Å². The van der Waals surface area contributed by atoms with Gasteiger partial charge < -0.3 is 0 Å². The summed E-state index contributed by atoms with van der Waals surface area (Å²) in [7, 11) is -3.83. The van der Waals surface area contributed by atoms with Crippen LogP contribution in [0.3, 0.4) is 0 Å². The van der Waals surface area contributed by atoms with Crippen molar-refractivity contribution in [1.29, 1.82) is 0 Å². The Balaban J connectivity index is 2.17. The van der Waals surface area contributed by atoms with Crippen LogP contribution in [0.2, 0.25) is 0 Å². The first-order valence-electron chi connectivity index (χ1n) is 5.19. The molecule has 0 aliphatic rings. The summed E-state index contributed by atoms with van der Waals surface area (Å²) in [6, 6.07) is 4.17. The molecule has 108 valence electrons. The highest BCUT2D eigenvalue weighted by Gasteiger charge is 2.30. The number of anilines is 1. The Kier molecular flexibility index (Phi) is 3.95. The summed E-state index contributed by atoms with van der Waals surface area (Å²) in [6.45, 7) is 0. The molecule has 2 aromatic rings. The van der Waals surface area contributed by atoms with Crippen LogP contribution in [0.4, 0.5) is 18.3 Å². The summed E-state index contributed by atoms with van der Waals surface area (Å²) < 4.78 is 63.3. The normalized spacial score (nSPS) is 12.3. The molecule has 10 heteroatoms. The number of hydrogen-bond acceptors (Lipinski definition) is 5. The zero-order chi connectivity index (χ0) is 14.8. The van der Waals surface area contributed by atoms with E-state index in [-0.39, 0.29) is 10.7 Å².